The summed E-state index contributed by atoms with van der Waals surface area (Å²) in [5.41, 5.74) is -0.620. The van der Waals surface area contributed by atoms with E-state index in [1.807, 2.05) is 0 Å². The maximum Gasteiger partial charge on any atom is 0.435 e. The second kappa shape index (κ2) is 10.3. The van der Waals surface area contributed by atoms with Crippen LogP contribution in [0.2, 0.25) is 0 Å². The molecule has 182 valence electrons. The molecule has 2 amide bonds. The molecule has 1 atom stereocenters. The molecule has 0 saturated heterocycles. The van der Waals surface area contributed by atoms with Crippen molar-refractivity contribution in [1.82, 2.24) is 20.4 Å². The number of urea groups is 1. The van der Waals surface area contributed by atoms with Crippen LogP contribution < -0.4 is 15.4 Å². The molecule has 10 nitrogen and oxygen atoms in total. The van der Waals surface area contributed by atoms with Crippen molar-refractivity contribution in [2.75, 3.05) is 20.3 Å². The maximum atomic E-state index is 12.7. The van der Waals surface area contributed by atoms with Crippen LogP contribution in [-0.2, 0) is 31.8 Å². The van der Waals surface area contributed by atoms with Gasteiger partial charge >= 0.3 is 24.1 Å². The van der Waals surface area contributed by atoms with E-state index in [-0.39, 0.29) is 17.9 Å². The first-order valence-corrected chi connectivity index (χ1v) is 10.00. The number of hydrogen-bond donors (Lipinski definition) is 2. The fraction of sp³-hybridized carbons (Fsp3) is 0.333. The molecule has 13 heteroatoms. The molecule has 2 aromatic rings. The van der Waals surface area contributed by atoms with Gasteiger partial charge in [-0.05, 0) is 30.7 Å². The second-order valence-corrected chi connectivity index (χ2v) is 6.97. The Balaban J connectivity index is 1.81. The number of aromatic nitrogens is 2. The van der Waals surface area contributed by atoms with Crippen LogP contribution in [0.25, 0.3) is 0 Å². The van der Waals surface area contributed by atoms with E-state index in [4.69, 9.17) is 14.2 Å². The fourth-order valence-electron chi connectivity index (χ4n) is 3.16. The first kappa shape index (κ1) is 24.6. The Morgan fingerprint density at radius 1 is 1.15 bits per heavy atom. The molecule has 0 aliphatic carbocycles. The zero-order valence-electron chi connectivity index (χ0n) is 18.1. The van der Waals surface area contributed by atoms with Gasteiger partial charge in [-0.3, -0.25) is 9.48 Å². The van der Waals surface area contributed by atoms with Crippen LogP contribution in [0.3, 0.4) is 0 Å². The number of benzene rings is 1. The molecule has 3 rings (SSSR count). The van der Waals surface area contributed by atoms with Gasteiger partial charge in [-0.2, -0.15) is 18.3 Å². The lowest BCUT2D eigenvalue weighted by Gasteiger charge is -2.29. The molecule has 1 aromatic heterocycles. The van der Waals surface area contributed by atoms with Crippen molar-refractivity contribution in [3.8, 4) is 5.75 Å². The quantitative estimate of drug-likeness (QED) is 0.554. The average molecular weight is 482 g/mol. The van der Waals surface area contributed by atoms with E-state index in [9.17, 15) is 27.6 Å². The first-order valence-electron chi connectivity index (χ1n) is 10.00. The number of rotatable bonds is 8. The molecule has 0 saturated carbocycles. The number of hydrogen-bond acceptors (Lipinski definition) is 7. The lowest BCUT2D eigenvalue weighted by Crippen LogP contribution is -2.47. The van der Waals surface area contributed by atoms with Crippen molar-refractivity contribution in [1.29, 1.82) is 0 Å². The minimum absolute atomic E-state index is 0.0119. The van der Waals surface area contributed by atoms with Crippen molar-refractivity contribution in [2.24, 2.45) is 0 Å². The van der Waals surface area contributed by atoms with Crippen LogP contribution in [0.1, 0.15) is 24.2 Å². The molecule has 0 fully saturated rings. The first-order chi connectivity index (χ1) is 16.1. The predicted octanol–water partition coefficient (Wildman–Crippen LogP) is 2.33. The van der Waals surface area contributed by atoms with Gasteiger partial charge in [0.15, 0.2) is 5.69 Å². The summed E-state index contributed by atoms with van der Waals surface area (Å²) < 4.78 is 54.1. The third-order valence-electron chi connectivity index (χ3n) is 4.70. The van der Waals surface area contributed by atoms with Gasteiger partial charge in [0.1, 0.15) is 18.9 Å². The molecular formula is C21H21F3N4O6. The molecule has 2 heterocycles. The Hall–Kier alpha value is -4.03. The molecule has 0 bridgehead atoms. The van der Waals surface area contributed by atoms with Crippen LogP contribution in [0.15, 0.2) is 47.8 Å². The number of amides is 2. The summed E-state index contributed by atoms with van der Waals surface area (Å²) in [5, 5.41) is 8.33. The van der Waals surface area contributed by atoms with Gasteiger partial charge in [0.2, 0.25) is 0 Å². The van der Waals surface area contributed by atoms with Gasteiger partial charge in [0.05, 0.1) is 31.0 Å². The summed E-state index contributed by atoms with van der Waals surface area (Å²) in [6.07, 6.45) is -3.66. The van der Waals surface area contributed by atoms with E-state index in [1.165, 1.54) is 7.11 Å². The Kier molecular flexibility index (Phi) is 7.44. The van der Waals surface area contributed by atoms with Crippen LogP contribution in [0.5, 0.6) is 5.75 Å². The van der Waals surface area contributed by atoms with E-state index in [1.54, 1.807) is 31.2 Å². The van der Waals surface area contributed by atoms with Gasteiger partial charge < -0.3 is 24.8 Å². The van der Waals surface area contributed by atoms with E-state index in [0.717, 1.165) is 16.9 Å². The van der Waals surface area contributed by atoms with Crippen molar-refractivity contribution in [3.63, 3.8) is 0 Å². The molecule has 1 unspecified atom stereocenters. The van der Waals surface area contributed by atoms with E-state index < -0.39 is 49.0 Å². The average Bonchev–Trinajstić information content (AvgIpc) is 3.26. The van der Waals surface area contributed by atoms with Crippen LogP contribution in [0.4, 0.5) is 18.0 Å². The second-order valence-electron chi connectivity index (χ2n) is 6.97. The summed E-state index contributed by atoms with van der Waals surface area (Å²) in [4.78, 5) is 37.1. The molecule has 1 aliphatic rings. The number of carbonyl (C=O) groups is 3. The Morgan fingerprint density at radius 3 is 2.44 bits per heavy atom. The maximum absolute atomic E-state index is 12.7. The zero-order valence-corrected chi connectivity index (χ0v) is 18.1. The van der Waals surface area contributed by atoms with Crippen molar-refractivity contribution in [3.05, 3.63) is 59.1 Å². The highest BCUT2D eigenvalue weighted by molar-refractivity contribution is 5.95. The highest BCUT2D eigenvalue weighted by atomic mass is 19.4. The minimum atomic E-state index is -4.65. The van der Waals surface area contributed by atoms with Gasteiger partial charge in [-0.15, -0.1) is 0 Å². The van der Waals surface area contributed by atoms with Crippen LogP contribution in [-0.4, -0.2) is 48.1 Å². The number of esters is 2. The Morgan fingerprint density at radius 2 is 1.85 bits per heavy atom. The lowest BCUT2D eigenvalue weighted by molar-refractivity contribution is -0.146. The Bertz CT molecular complexity index is 1090. The number of alkyl halides is 3. The number of carbonyl (C=O) groups excluding carboxylic acids is 3. The summed E-state index contributed by atoms with van der Waals surface area (Å²) >= 11 is 0. The summed E-state index contributed by atoms with van der Waals surface area (Å²) in [6, 6.07) is 5.74. The third kappa shape index (κ3) is 5.85. The highest BCUT2D eigenvalue weighted by Gasteiger charge is 2.35. The molecule has 1 aliphatic heterocycles. The normalized spacial score (nSPS) is 15.9. The molecule has 0 spiro atoms. The molecule has 1 aromatic carbocycles. The third-order valence-corrected chi connectivity index (χ3v) is 4.70. The summed E-state index contributed by atoms with van der Waals surface area (Å²) in [5.74, 6) is -1.11. The molecule has 0 radical (unpaired) electrons. The number of nitrogens with zero attached hydrogens (tertiary/aromatic N) is 2. The van der Waals surface area contributed by atoms with Crippen molar-refractivity contribution in [2.45, 2.75) is 25.7 Å². The van der Waals surface area contributed by atoms with Gasteiger partial charge in [-0.25, -0.2) is 9.59 Å². The standard InChI is InChI=1S/C21H21F3N4O6/c1-3-33-19(30)17-14(11-34-16(29)10-28-9-8-15(27-28)21(22,23)24)25-20(31)26-18(17)12-4-6-13(32-2)7-5-12/h4-9,18H,3,10-11H2,1-2H3,(H2,25,26,31). The van der Waals surface area contributed by atoms with Crippen molar-refractivity contribution < 1.29 is 41.8 Å². The topological polar surface area (TPSA) is 121 Å². The van der Waals surface area contributed by atoms with E-state index >= 15 is 0 Å². The Labute approximate surface area is 191 Å². The minimum Gasteiger partial charge on any atom is -0.497 e. The zero-order chi connectivity index (χ0) is 24.9. The van der Waals surface area contributed by atoms with E-state index in [2.05, 4.69) is 15.7 Å². The van der Waals surface area contributed by atoms with Crippen LogP contribution >= 0.6 is 0 Å². The lowest BCUT2D eigenvalue weighted by atomic mass is 9.95. The number of halogens is 3. The van der Waals surface area contributed by atoms with Crippen molar-refractivity contribution >= 4 is 18.0 Å². The monoisotopic (exact) mass is 482 g/mol. The molecular weight excluding hydrogens is 461 g/mol. The summed E-state index contributed by atoms with van der Waals surface area (Å²) in [6.45, 7) is 0.529. The van der Waals surface area contributed by atoms with Crippen LogP contribution in [0, 0.1) is 0 Å². The fourth-order valence-corrected chi connectivity index (χ4v) is 3.16. The highest BCUT2D eigenvalue weighted by Crippen LogP contribution is 2.29. The molecule has 34 heavy (non-hydrogen) atoms. The number of methoxy groups -OCH3 is 1. The SMILES string of the molecule is CCOC(=O)C1=C(COC(=O)Cn2ccc(C(F)(F)F)n2)NC(=O)NC1c1ccc(OC)cc1. The number of nitrogens with one attached hydrogen (secondary N) is 2. The largest absolute Gasteiger partial charge is 0.497 e. The van der Waals surface area contributed by atoms with E-state index in [0.29, 0.717) is 11.3 Å². The van der Waals surface area contributed by atoms with Gasteiger partial charge in [-0.1, -0.05) is 12.1 Å². The smallest absolute Gasteiger partial charge is 0.435 e. The predicted molar refractivity (Wildman–Crippen MR) is 109 cm³/mol. The molecule has 2 N–H and O–H groups in total. The number of ether oxygens (including phenoxy) is 3. The van der Waals surface area contributed by atoms with Gasteiger partial charge in [0.25, 0.3) is 0 Å². The van der Waals surface area contributed by atoms with Gasteiger partial charge in [0, 0.05) is 6.20 Å². The summed E-state index contributed by atoms with van der Waals surface area (Å²) in [7, 11) is 1.49.